The van der Waals surface area contributed by atoms with Crippen LogP contribution in [-0.4, -0.2) is 15.6 Å². The van der Waals surface area contributed by atoms with Crippen LogP contribution in [0.25, 0.3) is 0 Å². The van der Waals surface area contributed by atoms with Gasteiger partial charge < -0.3 is 9.88 Å². The van der Waals surface area contributed by atoms with Gasteiger partial charge in [-0.1, -0.05) is 33.6 Å². The van der Waals surface area contributed by atoms with E-state index in [1.807, 2.05) is 0 Å². The van der Waals surface area contributed by atoms with Crippen molar-refractivity contribution < 1.29 is 0 Å². The van der Waals surface area contributed by atoms with E-state index in [-0.39, 0.29) is 0 Å². The number of aryl methyl sites for hydroxylation is 1. The maximum absolute atomic E-state index is 4.63. The van der Waals surface area contributed by atoms with Gasteiger partial charge in [0, 0.05) is 18.8 Å². The van der Waals surface area contributed by atoms with Gasteiger partial charge in [-0.05, 0) is 31.6 Å². The quantitative estimate of drug-likeness (QED) is 0.795. The largest absolute Gasteiger partial charge is 0.353 e. The molecule has 1 saturated carbocycles. The van der Waals surface area contributed by atoms with Crippen LogP contribution < -0.4 is 5.32 Å². The first kappa shape index (κ1) is 13.4. The summed E-state index contributed by atoms with van der Waals surface area (Å²) in [6.45, 7) is 9.89. The first-order valence-electron chi connectivity index (χ1n) is 7.38. The zero-order valence-corrected chi connectivity index (χ0v) is 12.2. The van der Waals surface area contributed by atoms with Crippen LogP contribution in [0.1, 0.15) is 52.1 Å². The molecule has 0 aromatic carbocycles. The highest BCUT2D eigenvalue weighted by Crippen LogP contribution is 2.34. The van der Waals surface area contributed by atoms with Crippen molar-refractivity contribution in [2.45, 2.75) is 66.0 Å². The predicted molar refractivity (Wildman–Crippen MR) is 76.8 cm³/mol. The summed E-state index contributed by atoms with van der Waals surface area (Å²) >= 11 is 0. The number of nitrogens with one attached hydrogen (secondary N) is 1. The Labute approximate surface area is 111 Å². The van der Waals surface area contributed by atoms with Crippen LogP contribution in [0.5, 0.6) is 0 Å². The topological polar surface area (TPSA) is 29.9 Å². The molecule has 1 atom stereocenters. The van der Waals surface area contributed by atoms with Crippen molar-refractivity contribution in [1.29, 1.82) is 0 Å². The standard InChI is InChI=1S/C15H27N3/c1-5-14(8-13-6-7-13)17-15-16-12(4)10-18(15)9-11(2)3/h10-11,13-14H,5-9H2,1-4H3,(H,16,17). The first-order valence-corrected chi connectivity index (χ1v) is 7.38. The number of nitrogens with zero attached hydrogens (tertiary/aromatic N) is 2. The highest BCUT2D eigenvalue weighted by molar-refractivity contribution is 5.30. The number of imidazole rings is 1. The fraction of sp³-hybridized carbons (Fsp3) is 0.800. The Morgan fingerprint density at radius 1 is 1.44 bits per heavy atom. The Morgan fingerprint density at radius 2 is 2.17 bits per heavy atom. The lowest BCUT2D eigenvalue weighted by Crippen LogP contribution is -2.22. The first-order chi connectivity index (χ1) is 8.58. The van der Waals surface area contributed by atoms with Crippen LogP contribution in [0.3, 0.4) is 0 Å². The molecule has 3 nitrogen and oxygen atoms in total. The van der Waals surface area contributed by atoms with Crippen LogP contribution in [0.15, 0.2) is 6.20 Å². The second-order valence-electron chi connectivity index (χ2n) is 6.18. The summed E-state index contributed by atoms with van der Waals surface area (Å²) in [6, 6.07) is 0.588. The molecule has 0 bridgehead atoms. The van der Waals surface area contributed by atoms with Gasteiger partial charge in [-0.15, -0.1) is 0 Å². The maximum atomic E-state index is 4.63. The third-order valence-corrected chi connectivity index (χ3v) is 3.60. The number of rotatable bonds is 7. The summed E-state index contributed by atoms with van der Waals surface area (Å²) in [5.41, 5.74) is 1.11. The molecule has 2 rings (SSSR count). The second-order valence-corrected chi connectivity index (χ2v) is 6.18. The van der Waals surface area contributed by atoms with Crippen molar-refractivity contribution in [3.63, 3.8) is 0 Å². The number of aromatic nitrogens is 2. The van der Waals surface area contributed by atoms with E-state index in [0.717, 1.165) is 24.1 Å². The Morgan fingerprint density at radius 3 is 2.72 bits per heavy atom. The van der Waals surface area contributed by atoms with Gasteiger partial charge in [0.05, 0.1) is 5.69 Å². The predicted octanol–water partition coefficient (Wildman–Crippen LogP) is 3.84. The molecule has 1 aromatic rings. The summed E-state index contributed by atoms with van der Waals surface area (Å²) in [4.78, 5) is 4.63. The molecule has 102 valence electrons. The molecule has 3 heteroatoms. The summed E-state index contributed by atoms with van der Waals surface area (Å²) in [7, 11) is 0. The van der Waals surface area contributed by atoms with Crippen molar-refractivity contribution in [2.24, 2.45) is 11.8 Å². The van der Waals surface area contributed by atoms with E-state index < -0.39 is 0 Å². The molecule has 1 aromatic heterocycles. The van der Waals surface area contributed by atoms with E-state index >= 15 is 0 Å². The number of hydrogen-bond donors (Lipinski definition) is 1. The van der Waals surface area contributed by atoms with Crippen molar-refractivity contribution in [3.8, 4) is 0 Å². The lowest BCUT2D eigenvalue weighted by molar-refractivity contribution is 0.517. The molecule has 1 aliphatic rings. The van der Waals surface area contributed by atoms with Crippen LogP contribution >= 0.6 is 0 Å². The van der Waals surface area contributed by atoms with Gasteiger partial charge in [0.25, 0.3) is 0 Å². The highest BCUT2D eigenvalue weighted by Gasteiger charge is 2.25. The molecule has 0 aliphatic heterocycles. The molecule has 0 saturated heterocycles. The molecular formula is C15H27N3. The second kappa shape index (κ2) is 5.77. The molecule has 18 heavy (non-hydrogen) atoms. The fourth-order valence-corrected chi connectivity index (χ4v) is 2.46. The average molecular weight is 249 g/mol. The Kier molecular flexibility index (Phi) is 4.31. The summed E-state index contributed by atoms with van der Waals surface area (Å²) < 4.78 is 2.27. The number of anilines is 1. The highest BCUT2D eigenvalue weighted by atomic mass is 15.2. The molecule has 1 aliphatic carbocycles. The van der Waals surface area contributed by atoms with Gasteiger partial charge in [0.15, 0.2) is 0 Å². The third kappa shape index (κ3) is 3.76. The van der Waals surface area contributed by atoms with Crippen LogP contribution in [0.4, 0.5) is 5.95 Å². The SMILES string of the molecule is CCC(CC1CC1)Nc1nc(C)cn1CC(C)C. The van der Waals surface area contributed by atoms with Crippen LogP contribution in [0.2, 0.25) is 0 Å². The van der Waals surface area contributed by atoms with Crippen molar-refractivity contribution in [3.05, 3.63) is 11.9 Å². The molecule has 1 heterocycles. The molecule has 0 spiro atoms. The summed E-state index contributed by atoms with van der Waals surface area (Å²) in [5.74, 6) is 2.69. The minimum atomic E-state index is 0.588. The molecule has 1 N–H and O–H groups in total. The monoisotopic (exact) mass is 249 g/mol. The lowest BCUT2D eigenvalue weighted by Gasteiger charge is -2.19. The van der Waals surface area contributed by atoms with Gasteiger partial charge in [-0.25, -0.2) is 4.98 Å². The van der Waals surface area contributed by atoms with Gasteiger partial charge in [0.2, 0.25) is 5.95 Å². The summed E-state index contributed by atoms with van der Waals surface area (Å²) in [6.07, 6.45) is 7.51. The number of hydrogen-bond acceptors (Lipinski definition) is 2. The van der Waals surface area contributed by atoms with Gasteiger partial charge in [-0.3, -0.25) is 0 Å². The van der Waals surface area contributed by atoms with E-state index in [2.05, 4.69) is 48.8 Å². The van der Waals surface area contributed by atoms with Crippen molar-refractivity contribution in [2.75, 3.05) is 5.32 Å². The van der Waals surface area contributed by atoms with Gasteiger partial charge >= 0.3 is 0 Å². The van der Waals surface area contributed by atoms with Crippen molar-refractivity contribution >= 4 is 5.95 Å². The summed E-state index contributed by atoms with van der Waals surface area (Å²) in [5, 5.41) is 3.65. The van der Waals surface area contributed by atoms with E-state index in [1.54, 1.807) is 0 Å². The normalized spacial score (nSPS) is 17.2. The molecule has 1 unspecified atom stereocenters. The minimum Gasteiger partial charge on any atom is -0.353 e. The van der Waals surface area contributed by atoms with Crippen molar-refractivity contribution in [1.82, 2.24) is 9.55 Å². The van der Waals surface area contributed by atoms with Gasteiger partial charge in [-0.2, -0.15) is 0 Å². The van der Waals surface area contributed by atoms with E-state index in [1.165, 1.54) is 25.7 Å². The maximum Gasteiger partial charge on any atom is 0.203 e. The fourth-order valence-electron chi connectivity index (χ4n) is 2.46. The smallest absolute Gasteiger partial charge is 0.203 e. The van der Waals surface area contributed by atoms with Gasteiger partial charge in [0.1, 0.15) is 0 Å². The Hall–Kier alpha value is -0.990. The zero-order valence-electron chi connectivity index (χ0n) is 12.2. The average Bonchev–Trinajstić information content (AvgIpc) is 3.03. The minimum absolute atomic E-state index is 0.588. The Bertz CT molecular complexity index is 377. The van der Waals surface area contributed by atoms with E-state index in [0.29, 0.717) is 12.0 Å². The zero-order chi connectivity index (χ0) is 13.1. The van der Waals surface area contributed by atoms with Crippen LogP contribution in [0, 0.1) is 18.8 Å². The Balaban J connectivity index is 2.01. The van der Waals surface area contributed by atoms with E-state index in [4.69, 9.17) is 0 Å². The molecule has 0 radical (unpaired) electrons. The molecular weight excluding hydrogens is 222 g/mol. The lowest BCUT2D eigenvalue weighted by atomic mass is 10.1. The van der Waals surface area contributed by atoms with E-state index in [9.17, 15) is 0 Å². The molecule has 1 fully saturated rings. The van der Waals surface area contributed by atoms with Crippen LogP contribution in [-0.2, 0) is 6.54 Å². The third-order valence-electron chi connectivity index (χ3n) is 3.60. The molecule has 0 amide bonds.